The fourth-order valence-electron chi connectivity index (χ4n) is 2.15. The highest BCUT2D eigenvalue weighted by atomic mass is 16.5. The molecule has 0 spiro atoms. The number of hydrogen-bond acceptors (Lipinski definition) is 5. The van der Waals surface area contributed by atoms with Crippen LogP contribution < -0.4 is 4.74 Å². The van der Waals surface area contributed by atoms with Crippen LogP contribution in [0.1, 0.15) is 49.8 Å². The number of ketones is 1. The molecule has 118 valence electrons. The van der Waals surface area contributed by atoms with Crippen molar-refractivity contribution in [2.24, 2.45) is 0 Å². The van der Waals surface area contributed by atoms with Gasteiger partial charge in [0.15, 0.2) is 5.78 Å². The lowest BCUT2D eigenvalue weighted by Gasteiger charge is -2.06. The molecule has 1 heterocycles. The molecule has 0 unspecified atom stereocenters. The number of aromatic nitrogens is 1. The minimum atomic E-state index is -0.349. The number of esters is 1. The van der Waals surface area contributed by atoms with Crippen molar-refractivity contribution in [1.29, 1.82) is 0 Å². The Bertz CT molecular complexity index is 576. The molecule has 0 aliphatic heterocycles. The molecule has 5 nitrogen and oxygen atoms in total. The molecule has 2 rings (SSSR count). The standard InChI is InChI=1S/C17H21NO4/c1-3-22-16(20)11-9-14(19)8-6-13-7-10-15(12-4-5-12)17(18-13)21-2/h6-8,10,12H,3-5,9,11H2,1-2H3/b8-6+. The van der Waals surface area contributed by atoms with E-state index in [4.69, 9.17) is 9.47 Å². The lowest BCUT2D eigenvalue weighted by atomic mass is 10.1. The van der Waals surface area contributed by atoms with Gasteiger partial charge in [0.2, 0.25) is 5.88 Å². The minimum absolute atomic E-state index is 0.106. The quantitative estimate of drug-likeness (QED) is 0.546. The van der Waals surface area contributed by atoms with Crippen molar-refractivity contribution >= 4 is 17.8 Å². The molecule has 0 aromatic carbocycles. The Morgan fingerprint density at radius 2 is 2.09 bits per heavy atom. The number of allylic oxidation sites excluding steroid dienone is 1. The van der Waals surface area contributed by atoms with Crippen LogP contribution in [0, 0.1) is 0 Å². The summed E-state index contributed by atoms with van der Waals surface area (Å²) in [6, 6.07) is 3.89. The maximum absolute atomic E-state index is 11.7. The molecule has 0 bridgehead atoms. The van der Waals surface area contributed by atoms with Gasteiger partial charge in [-0.25, -0.2) is 4.98 Å². The SMILES string of the molecule is CCOC(=O)CCC(=O)/C=C/c1ccc(C2CC2)c(OC)n1. The first kappa shape index (κ1) is 16.2. The van der Waals surface area contributed by atoms with E-state index in [-0.39, 0.29) is 24.6 Å². The van der Waals surface area contributed by atoms with Crippen molar-refractivity contribution in [2.75, 3.05) is 13.7 Å². The van der Waals surface area contributed by atoms with E-state index in [0.717, 1.165) is 5.56 Å². The first-order valence-corrected chi connectivity index (χ1v) is 7.55. The van der Waals surface area contributed by atoms with Crippen LogP contribution in [0.25, 0.3) is 6.08 Å². The zero-order valence-electron chi connectivity index (χ0n) is 13.0. The summed E-state index contributed by atoms with van der Waals surface area (Å²) < 4.78 is 10.1. The summed E-state index contributed by atoms with van der Waals surface area (Å²) in [7, 11) is 1.60. The Labute approximate surface area is 130 Å². The van der Waals surface area contributed by atoms with Crippen molar-refractivity contribution in [3.05, 3.63) is 29.5 Å². The molecular formula is C17H21NO4. The number of ether oxygens (including phenoxy) is 2. The highest BCUT2D eigenvalue weighted by Gasteiger charge is 2.27. The Morgan fingerprint density at radius 1 is 1.32 bits per heavy atom. The number of hydrogen-bond donors (Lipinski definition) is 0. The van der Waals surface area contributed by atoms with Crippen LogP contribution >= 0.6 is 0 Å². The maximum atomic E-state index is 11.7. The van der Waals surface area contributed by atoms with E-state index in [1.807, 2.05) is 12.1 Å². The fourth-order valence-corrected chi connectivity index (χ4v) is 2.15. The predicted octanol–water partition coefficient (Wildman–Crippen LogP) is 2.89. The molecular weight excluding hydrogens is 282 g/mol. The minimum Gasteiger partial charge on any atom is -0.481 e. The highest BCUT2D eigenvalue weighted by molar-refractivity contribution is 5.95. The molecule has 1 fully saturated rings. The molecule has 1 aromatic rings. The molecule has 5 heteroatoms. The van der Waals surface area contributed by atoms with Crippen LogP contribution in [0.5, 0.6) is 5.88 Å². The Balaban J connectivity index is 1.92. The molecule has 0 atom stereocenters. The van der Waals surface area contributed by atoms with Crippen molar-refractivity contribution in [2.45, 2.75) is 38.5 Å². The third-order valence-corrected chi connectivity index (χ3v) is 3.44. The fraction of sp³-hybridized carbons (Fsp3) is 0.471. The van der Waals surface area contributed by atoms with Gasteiger partial charge in [-0.3, -0.25) is 9.59 Å². The average molecular weight is 303 g/mol. The van der Waals surface area contributed by atoms with Gasteiger partial charge in [0, 0.05) is 12.0 Å². The van der Waals surface area contributed by atoms with E-state index in [0.29, 0.717) is 24.1 Å². The maximum Gasteiger partial charge on any atom is 0.306 e. The van der Waals surface area contributed by atoms with E-state index in [1.165, 1.54) is 18.9 Å². The van der Waals surface area contributed by atoms with Gasteiger partial charge in [-0.05, 0) is 43.9 Å². The summed E-state index contributed by atoms with van der Waals surface area (Å²) >= 11 is 0. The van der Waals surface area contributed by atoms with Gasteiger partial charge in [0.05, 0.1) is 25.8 Å². The van der Waals surface area contributed by atoms with Gasteiger partial charge < -0.3 is 9.47 Å². The highest BCUT2D eigenvalue weighted by Crippen LogP contribution is 2.43. The molecule has 1 saturated carbocycles. The zero-order chi connectivity index (χ0) is 15.9. The Morgan fingerprint density at radius 3 is 2.73 bits per heavy atom. The first-order valence-electron chi connectivity index (χ1n) is 7.55. The number of methoxy groups -OCH3 is 1. The van der Waals surface area contributed by atoms with Gasteiger partial charge in [-0.2, -0.15) is 0 Å². The first-order chi connectivity index (χ1) is 10.6. The molecule has 0 amide bonds. The van der Waals surface area contributed by atoms with E-state index in [1.54, 1.807) is 20.1 Å². The van der Waals surface area contributed by atoms with E-state index < -0.39 is 0 Å². The Kier molecular flexibility index (Phi) is 5.69. The second kappa shape index (κ2) is 7.73. The largest absolute Gasteiger partial charge is 0.481 e. The van der Waals surface area contributed by atoms with Crippen LogP contribution in [0.15, 0.2) is 18.2 Å². The predicted molar refractivity (Wildman–Crippen MR) is 82.7 cm³/mol. The second-order valence-corrected chi connectivity index (χ2v) is 5.21. The van der Waals surface area contributed by atoms with E-state index in [2.05, 4.69) is 4.98 Å². The number of carbonyl (C=O) groups is 2. The lowest BCUT2D eigenvalue weighted by molar-refractivity contribution is -0.144. The van der Waals surface area contributed by atoms with E-state index >= 15 is 0 Å². The van der Waals surface area contributed by atoms with Gasteiger partial charge in [0.1, 0.15) is 0 Å². The molecule has 1 aromatic heterocycles. The molecule has 0 N–H and O–H groups in total. The molecule has 0 saturated heterocycles. The molecule has 1 aliphatic carbocycles. The number of nitrogens with zero attached hydrogens (tertiary/aromatic N) is 1. The smallest absolute Gasteiger partial charge is 0.306 e. The molecule has 0 radical (unpaired) electrons. The third-order valence-electron chi connectivity index (χ3n) is 3.44. The number of pyridine rings is 1. The van der Waals surface area contributed by atoms with Crippen molar-refractivity contribution in [1.82, 2.24) is 4.98 Å². The third kappa shape index (κ3) is 4.69. The summed E-state index contributed by atoms with van der Waals surface area (Å²) in [5, 5.41) is 0. The monoisotopic (exact) mass is 303 g/mol. The zero-order valence-corrected chi connectivity index (χ0v) is 13.0. The summed E-state index contributed by atoms with van der Waals surface area (Å²) in [5.41, 5.74) is 1.80. The van der Waals surface area contributed by atoms with Crippen LogP contribution in [0.3, 0.4) is 0 Å². The van der Waals surface area contributed by atoms with Gasteiger partial charge in [-0.1, -0.05) is 6.07 Å². The molecule has 22 heavy (non-hydrogen) atoms. The van der Waals surface area contributed by atoms with Crippen molar-refractivity contribution < 1.29 is 19.1 Å². The summed E-state index contributed by atoms with van der Waals surface area (Å²) in [6.45, 7) is 2.07. The lowest BCUT2D eigenvalue weighted by Crippen LogP contribution is -2.06. The normalized spacial score (nSPS) is 14.1. The summed E-state index contributed by atoms with van der Waals surface area (Å²) in [6.07, 6.45) is 5.70. The average Bonchev–Trinajstić information content (AvgIpc) is 3.35. The van der Waals surface area contributed by atoms with Gasteiger partial charge in [0.25, 0.3) is 0 Å². The summed E-state index contributed by atoms with van der Waals surface area (Å²) in [5.74, 6) is 0.716. The van der Waals surface area contributed by atoms with Crippen LogP contribution in [-0.2, 0) is 14.3 Å². The summed E-state index contributed by atoms with van der Waals surface area (Å²) in [4.78, 5) is 27.3. The number of rotatable bonds is 8. The molecule has 1 aliphatic rings. The topological polar surface area (TPSA) is 65.5 Å². The second-order valence-electron chi connectivity index (χ2n) is 5.21. The van der Waals surface area contributed by atoms with Crippen LogP contribution in [0.2, 0.25) is 0 Å². The van der Waals surface area contributed by atoms with E-state index in [9.17, 15) is 9.59 Å². The van der Waals surface area contributed by atoms with Crippen LogP contribution in [0.4, 0.5) is 0 Å². The number of carbonyl (C=O) groups excluding carboxylic acids is 2. The van der Waals surface area contributed by atoms with Crippen molar-refractivity contribution in [3.8, 4) is 5.88 Å². The van der Waals surface area contributed by atoms with Gasteiger partial charge in [-0.15, -0.1) is 0 Å². The van der Waals surface area contributed by atoms with Crippen molar-refractivity contribution in [3.63, 3.8) is 0 Å². The van der Waals surface area contributed by atoms with Crippen LogP contribution in [-0.4, -0.2) is 30.5 Å². The van der Waals surface area contributed by atoms with Gasteiger partial charge >= 0.3 is 5.97 Å². The Hall–Kier alpha value is -2.17.